The molecule has 0 bridgehead atoms. The van der Waals surface area contributed by atoms with Crippen molar-refractivity contribution in [3.63, 3.8) is 0 Å². The van der Waals surface area contributed by atoms with Gasteiger partial charge >= 0.3 is 12.0 Å². The predicted molar refractivity (Wildman–Crippen MR) is 198 cm³/mol. The fourth-order valence-corrected chi connectivity index (χ4v) is 7.30. The van der Waals surface area contributed by atoms with Gasteiger partial charge in [0.25, 0.3) is 0 Å². The Hall–Kier alpha value is -4.88. The molecule has 14 heteroatoms. The Labute approximate surface area is 315 Å². The molecule has 294 valence electrons. The fourth-order valence-electron chi connectivity index (χ4n) is 7.30. The average Bonchev–Trinajstić information content (AvgIpc) is 3.41. The van der Waals surface area contributed by atoms with E-state index < -0.39 is 72.2 Å². The molecule has 1 heterocycles. The summed E-state index contributed by atoms with van der Waals surface area (Å²) >= 11 is 0. The van der Waals surface area contributed by atoms with Gasteiger partial charge in [-0.25, -0.2) is 18.4 Å². The van der Waals surface area contributed by atoms with Gasteiger partial charge < -0.3 is 30.9 Å². The molecule has 2 aliphatic rings. The number of rotatable bonds is 15. The number of hydrogen-bond acceptors (Lipinski definition) is 7. The van der Waals surface area contributed by atoms with Gasteiger partial charge in [0.05, 0.1) is 18.7 Å². The molecular formula is C40H53F2N5O7. The molecule has 2 aromatic carbocycles. The van der Waals surface area contributed by atoms with Crippen molar-refractivity contribution < 1.29 is 42.3 Å². The smallest absolute Gasteiger partial charge is 0.337 e. The fraction of sp³-hybridized carbons (Fsp3) is 0.550. The standard InChI is InChI=1S/C40H53F2N5O7/c1-22(2)30(32(48)24-12-10-9-11-13-24)45-38(53)46-33(39(3,4)5)36(51)47-21-26-29(40(26,6)7)31(47)35(50)44-27(20-28(41)42)34(49)43-19-18-23-14-16-25(17-15-23)37(52)54-8/h9-17,22,26-31,33H,18-21H2,1-8H3,(H,43,49)(H,44,50)(H2,45,46,53)/t26-,27-,29-,30-,31-,33+/m0/s1. The van der Waals surface area contributed by atoms with Gasteiger partial charge in [0, 0.05) is 25.1 Å². The van der Waals surface area contributed by atoms with Crippen LogP contribution in [0.5, 0.6) is 0 Å². The number of fused-ring (bicyclic) bond motifs is 1. The minimum atomic E-state index is -2.91. The van der Waals surface area contributed by atoms with Crippen molar-refractivity contribution in [3.8, 4) is 0 Å². The maximum absolute atomic E-state index is 14.4. The Bertz CT molecular complexity index is 1690. The number of nitrogens with one attached hydrogen (secondary N) is 4. The molecule has 2 aromatic rings. The lowest BCUT2D eigenvalue weighted by Crippen LogP contribution is -2.62. The maximum Gasteiger partial charge on any atom is 0.337 e. The van der Waals surface area contributed by atoms with Gasteiger partial charge in [-0.2, -0.15) is 0 Å². The van der Waals surface area contributed by atoms with E-state index in [1.54, 1.807) is 89.2 Å². The SMILES string of the molecule is COC(=O)c1ccc(CCNC(=O)[C@H](CC(F)F)NC(=O)[C@@H]2[C@@H]3[C@H](CN2C(=O)[C@@H](NC(=O)N[C@H](C(=O)c2ccccc2)C(C)C)C(C)(C)C)C3(C)C)cc1. The number of hydrogen-bond donors (Lipinski definition) is 4. The van der Waals surface area contributed by atoms with Gasteiger partial charge in [0.15, 0.2) is 5.78 Å². The number of methoxy groups -OCH3 is 1. The highest BCUT2D eigenvalue weighted by Crippen LogP contribution is 2.65. The number of nitrogens with zero attached hydrogens (tertiary/aromatic N) is 1. The number of ketones is 1. The summed E-state index contributed by atoms with van der Waals surface area (Å²) in [4.78, 5) is 81.4. The van der Waals surface area contributed by atoms with Crippen molar-refractivity contribution in [2.24, 2.45) is 28.6 Å². The number of ether oxygens (including phenoxy) is 1. The van der Waals surface area contributed by atoms with Crippen molar-refractivity contribution in [3.05, 3.63) is 71.3 Å². The summed E-state index contributed by atoms with van der Waals surface area (Å²) in [6, 6.07) is 9.69. The number of carbonyl (C=O) groups excluding carboxylic acids is 6. The van der Waals surface area contributed by atoms with Crippen molar-refractivity contribution in [2.75, 3.05) is 20.2 Å². The highest BCUT2D eigenvalue weighted by Gasteiger charge is 2.70. The van der Waals surface area contributed by atoms with Gasteiger partial charge in [-0.3, -0.25) is 19.2 Å². The summed E-state index contributed by atoms with van der Waals surface area (Å²) in [7, 11) is 1.27. The first kappa shape index (κ1) is 41.9. The first-order chi connectivity index (χ1) is 25.3. The number of piperidine rings is 1. The number of carbonyl (C=O) groups is 6. The Morgan fingerprint density at radius 2 is 1.54 bits per heavy atom. The molecule has 54 heavy (non-hydrogen) atoms. The van der Waals surface area contributed by atoms with E-state index in [9.17, 15) is 37.5 Å². The second-order valence-electron chi connectivity index (χ2n) is 16.2. The van der Waals surface area contributed by atoms with E-state index in [0.717, 1.165) is 5.56 Å². The van der Waals surface area contributed by atoms with Crippen LogP contribution in [0.2, 0.25) is 0 Å². The van der Waals surface area contributed by atoms with Crippen molar-refractivity contribution >= 4 is 35.5 Å². The minimum Gasteiger partial charge on any atom is -0.465 e. The third-order valence-electron chi connectivity index (χ3n) is 10.6. The number of alkyl halides is 2. The molecule has 4 rings (SSSR count). The number of likely N-dealkylation sites (tertiary alicyclic amines) is 1. The van der Waals surface area contributed by atoms with Gasteiger partial charge in [-0.15, -0.1) is 0 Å². The largest absolute Gasteiger partial charge is 0.465 e. The van der Waals surface area contributed by atoms with E-state index in [1.165, 1.54) is 12.0 Å². The van der Waals surface area contributed by atoms with E-state index >= 15 is 0 Å². The number of esters is 1. The molecule has 0 radical (unpaired) electrons. The molecule has 5 amide bonds. The molecule has 12 nitrogen and oxygen atoms in total. The topological polar surface area (TPSA) is 163 Å². The van der Waals surface area contributed by atoms with E-state index in [4.69, 9.17) is 4.74 Å². The number of Topliss-reactive ketones (excluding diaryl/α,β-unsaturated/α-hetero) is 1. The zero-order valence-corrected chi connectivity index (χ0v) is 32.2. The third-order valence-corrected chi connectivity index (χ3v) is 10.6. The van der Waals surface area contributed by atoms with Crippen molar-refractivity contribution in [1.82, 2.24) is 26.2 Å². The first-order valence-electron chi connectivity index (χ1n) is 18.3. The molecular weight excluding hydrogens is 700 g/mol. The Morgan fingerprint density at radius 3 is 2.09 bits per heavy atom. The zero-order chi connectivity index (χ0) is 40.1. The van der Waals surface area contributed by atoms with Crippen LogP contribution in [0.4, 0.5) is 13.6 Å². The van der Waals surface area contributed by atoms with Gasteiger partial charge in [0.2, 0.25) is 24.1 Å². The quantitative estimate of drug-likeness (QED) is 0.155. The molecule has 6 atom stereocenters. The number of urea groups is 1. The lowest BCUT2D eigenvalue weighted by atomic mass is 9.85. The molecule has 0 aromatic heterocycles. The summed E-state index contributed by atoms with van der Waals surface area (Å²) in [5.41, 5.74) is 0.392. The van der Waals surface area contributed by atoms with Gasteiger partial charge in [-0.05, 0) is 52.7 Å². The highest BCUT2D eigenvalue weighted by molar-refractivity contribution is 6.02. The molecule has 0 spiro atoms. The van der Waals surface area contributed by atoms with Crippen LogP contribution in [0.25, 0.3) is 0 Å². The van der Waals surface area contributed by atoms with E-state index in [2.05, 4.69) is 21.3 Å². The van der Waals surface area contributed by atoms with Crippen molar-refractivity contribution in [1.29, 1.82) is 0 Å². The molecule has 1 saturated carbocycles. The Morgan fingerprint density at radius 1 is 0.907 bits per heavy atom. The highest BCUT2D eigenvalue weighted by atomic mass is 19.3. The first-order valence-corrected chi connectivity index (χ1v) is 18.3. The van der Waals surface area contributed by atoms with Gasteiger partial charge in [0.1, 0.15) is 18.1 Å². The van der Waals surface area contributed by atoms with Crippen LogP contribution in [0.15, 0.2) is 54.6 Å². The third kappa shape index (κ3) is 9.80. The molecule has 1 aliphatic heterocycles. The van der Waals surface area contributed by atoms with Crippen LogP contribution in [-0.4, -0.2) is 91.2 Å². The molecule has 2 fully saturated rings. The summed E-state index contributed by atoms with van der Waals surface area (Å²) < 4.78 is 32.2. The predicted octanol–water partition coefficient (Wildman–Crippen LogP) is 4.38. The monoisotopic (exact) mass is 753 g/mol. The van der Waals surface area contributed by atoms with Crippen LogP contribution in [0.3, 0.4) is 0 Å². The summed E-state index contributed by atoms with van der Waals surface area (Å²) in [5.74, 6) is -3.47. The van der Waals surface area contributed by atoms with E-state index in [1.807, 2.05) is 13.8 Å². The molecule has 1 aliphatic carbocycles. The molecule has 0 unspecified atom stereocenters. The molecule has 1 saturated heterocycles. The second kappa shape index (κ2) is 17.1. The van der Waals surface area contributed by atoms with Crippen LogP contribution in [0.1, 0.15) is 81.2 Å². The van der Waals surface area contributed by atoms with Crippen LogP contribution < -0.4 is 21.3 Å². The summed E-state index contributed by atoms with van der Waals surface area (Å²) in [6.07, 6.45) is -3.51. The van der Waals surface area contributed by atoms with E-state index in [0.29, 0.717) is 17.5 Å². The Kier molecular flexibility index (Phi) is 13.2. The minimum absolute atomic E-state index is 0.0617. The van der Waals surface area contributed by atoms with Crippen molar-refractivity contribution in [2.45, 2.75) is 91.9 Å². The number of benzene rings is 2. The zero-order valence-electron chi connectivity index (χ0n) is 32.2. The normalized spacial score (nSPS) is 20.3. The summed E-state index contributed by atoms with van der Waals surface area (Å²) in [6.45, 7) is 13.1. The number of halogens is 2. The van der Waals surface area contributed by atoms with Crippen LogP contribution >= 0.6 is 0 Å². The van der Waals surface area contributed by atoms with E-state index in [-0.39, 0.29) is 42.0 Å². The van der Waals surface area contributed by atoms with Crippen LogP contribution in [0, 0.1) is 28.6 Å². The summed E-state index contributed by atoms with van der Waals surface area (Å²) in [5, 5.41) is 10.6. The van der Waals surface area contributed by atoms with Gasteiger partial charge in [-0.1, -0.05) is 90.9 Å². The lowest BCUT2D eigenvalue weighted by Gasteiger charge is -2.38. The second-order valence-corrected chi connectivity index (χ2v) is 16.2. The number of amides is 5. The molecule has 4 N–H and O–H groups in total. The lowest BCUT2D eigenvalue weighted by molar-refractivity contribution is -0.144. The Balaban J connectivity index is 1.47. The van der Waals surface area contributed by atoms with Crippen LogP contribution in [-0.2, 0) is 25.5 Å². The maximum atomic E-state index is 14.4. The average molecular weight is 754 g/mol.